The van der Waals surface area contributed by atoms with Crippen LogP contribution in [0.25, 0.3) is 11.0 Å². The van der Waals surface area contributed by atoms with Crippen LogP contribution in [-0.4, -0.2) is 18.2 Å². The summed E-state index contributed by atoms with van der Waals surface area (Å²) in [6.07, 6.45) is 1.86. The van der Waals surface area contributed by atoms with E-state index in [9.17, 15) is 4.79 Å². The molecule has 1 aliphatic rings. The lowest BCUT2D eigenvalue weighted by molar-refractivity contribution is 0.0900. The fourth-order valence-electron chi connectivity index (χ4n) is 4.20. The van der Waals surface area contributed by atoms with E-state index in [4.69, 9.17) is 9.15 Å². The van der Waals surface area contributed by atoms with Crippen LogP contribution in [0.4, 0.5) is 0 Å². The third-order valence-electron chi connectivity index (χ3n) is 5.58. The lowest BCUT2D eigenvalue weighted by Gasteiger charge is -2.32. The fourth-order valence-corrected chi connectivity index (χ4v) is 4.20. The molecule has 0 N–H and O–H groups in total. The molecule has 0 spiro atoms. The molecule has 0 unspecified atom stereocenters. The molecule has 0 aliphatic carbocycles. The highest BCUT2D eigenvalue weighted by Crippen LogP contribution is 2.36. The lowest BCUT2D eigenvalue weighted by Crippen LogP contribution is -2.35. The van der Waals surface area contributed by atoms with Gasteiger partial charge in [0, 0.05) is 35.7 Å². The largest absolute Gasteiger partial charge is 0.477 e. The van der Waals surface area contributed by atoms with E-state index in [1.54, 1.807) is 6.07 Å². The average Bonchev–Trinajstić information content (AvgIpc) is 2.70. The Morgan fingerprint density at radius 2 is 1.96 bits per heavy atom. The molecular formula is C24H27NO3. The molecule has 146 valence electrons. The maximum absolute atomic E-state index is 12.0. The van der Waals surface area contributed by atoms with Crippen molar-refractivity contribution in [3.8, 4) is 5.75 Å². The predicted molar refractivity (Wildman–Crippen MR) is 112 cm³/mol. The topological polar surface area (TPSA) is 42.7 Å². The molecule has 2 heterocycles. The molecule has 28 heavy (non-hydrogen) atoms. The van der Waals surface area contributed by atoms with Crippen LogP contribution in [0.1, 0.15) is 48.4 Å². The van der Waals surface area contributed by atoms with E-state index >= 15 is 0 Å². The van der Waals surface area contributed by atoms with Crippen molar-refractivity contribution in [2.45, 2.75) is 46.1 Å². The van der Waals surface area contributed by atoms with E-state index in [0.29, 0.717) is 18.2 Å². The minimum atomic E-state index is -0.284. The Morgan fingerprint density at radius 3 is 2.71 bits per heavy atom. The Balaban J connectivity index is 1.65. The van der Waals surface area contributed by atoms with Crippen molar-refractivity contribution >= 4 is 11.0 Å². The molecule has 4 nitrogen and oxygen atoms in total. The fraction of sp³-hybridized carbons (Fsp3) is 0.375. The summed E-state index contributed by atoms with van der Waals surface area (Å²) in [5, 5.41) is 1.04. The molecule has 3 aromatic rings. The van der Waals surface area contributed by atoms with Crippen LogP contribution in [0.2, 0.25) is 0 Å². The van der Waals surface area contributed by atoms with Crippen LogP contribution >= 0.6 is 0 Å². The molecule has 0 saturated heterocycles. The number of benzene rings is 2. The summed E-state index contributed by atoms with van der Waals surface area (Å²) in [7, 11) is 0. The van der Waals surface area contributed by atoms with Crippen molar-refractivity contribution in [1.29, 1.82) is 0 Å². The van der Waals surface area contributed by atoms with Crippen LogP contribution in [0.3, 0.4) is 0 Å². The van der Waals surface area contributed by atoms with Crippen molar-refractivity contribution in [1.82, 2.24) is 4.90 Å². The number of hydrogen-bond acceptors (Lipinski definition) is 4. The minimum absolute atomic E-state index is 0.284. The van der Waals surface area contributed by atoms with Crippen molar-refractivity contribution < 1.29 is 9.15 Å². The number of fused-ring (bicyclic) bond motifs is 2. The highest BCUT2D eigenvalue weighted by atomic mass is 16.5. The number of nitrogens with zero attached hydrogens (tertiary/aromatic N) is 1. The molecule has 0 radical (unpaired) electrons. The summed E-state index contributed by atoms with van der Waals surface area (Å²) >= 11 is 0. The molecule has 2 aromatic carbocycles. The van der Waals surface area contributed by atoms with Crippen LogP contribution in [-0.2, 0) is 13.0 Å². The second-order valence-electron chi connectivity index (χ2n) is 7.80. The monoisotopic (exact) mass is 377 g/mol. The van der Waals surface area contributed by atoms with Gasteiger partial charge in [-0.05, 0) is 36.5 Å². The lowest BCUT2D eigenvalue weighted by atomic mass is 9.97. The van der Waals surface area contributed by atoms with Gasteiger partial charge in [0.05, 0.1) is 0 Å². The van der Waals surface area contributed by atoms with E-state index in [2.05, 4.69) is 55.1 Å². The Hall–Kier alpha value is -2.59. The third-order valence-corrected chi connectivity index (χ3v) is 5.58. The quantitative estimate of drug-likeness (QED) is 0.586. The molecule has 4 heteroatoms. The summed E-state index contributed by atoms with van der Waals surface area (Å²) in [5.41, 5.74) is 4.89. The summed E-state index contributed by atoms with van der Waals surface area (Å²) < 4.78 is 11.7. The van der Waals surface area contributed by atoms with Gasteiger partial charge in [-0.1, -0.05) is 50.6 Å². The van der Waals surface area contributed by atoms with Gasteiger partial charge in [-0.3, -0.25) is 4.90 Å². The van der Waals surface area contributed by atoms with Crippen LogP contribution in [0.5, 0.6) is 5.75 Å². The zero-order valence-electron chi connectivity index (χ0n) is 16.8. The number of ether oxygens (including phenoxy) is 1. The Morgan fingerprint density at radius 1 is 1.18 bits per heavy atom. The Bertz CT molecular complexity index is 1040. The summed E-state index contributed by atoms with van der Waals surface area (Å²) in [4.78, 5) is 14.3. The Kier molecular flexibility index (Phi) is 5.23. The van der Waals surface area contributed by atoms with E-state index in [0.717, 1.165) is 48.2 Å². The number of aryl methyl sites for hydroxylation is 2. The van der Waals surface area contributed by atoms with Gasteiger partial charge in [0.25, 0.3) is 0 Å². The van der Waals surface area contributed by atoms with Crippen LogP contribution in [0.15, 0.2) is 51.7 Å². The second kappa shape index (κ2) is 7.80. The van der Waals surface area contributed by atoms with Crippen molar-refractivity contribution in [2.24, 2.45) is 0 Å². The van der Waals surface area contributed by atoms with Gasteiger partial charge in [0.1, 0.15) is 18.1 Å². The first-order valence-electron chi connectivity index (χ1n) is 10.1. The zero-order valence-corrected chi connectivity index (χ0v) is 16.8. The maximum Gasteiger partial charge on any atom is 0.336 e. The SMILES string of the molecule is CCCc1cc(=O)oc2c(C)c3c(cc12)CN(C[C@H](C)c1ccccc1)CO3. The first kappa shape index (κ1) is 18.8. The van der Waals surface area contributed by atoms with Crippen LogP contribution < -0.4 is 10.4 Å². The van der Waals surface area contributed by atoms with E-state index in [1.807, 2.05) is 6.92 Å². The average molecular weight is 377 g/mol. The van der Waals surface area contributed by atoms with E-state index < -0.39 is 0 Å². The van der Waals surface area contributed by atoms with E-state index in [1.165, 1.54) is 11.1 Å². The van der Waals surface area contributed by atoms with Gasteiger partial charge in [0.2, 0.25) is 0 Å². The zero-order chi connectivity index (χ0) is 19.7. The first-order valence-corrected chi connectivity index (χ1v) is 10.1. The molecule has 0 fully saturated rings. The molecular weight excluding hydrogens is 350 g/mol. The van der Waals surface area contributed by atoms with Crippen molar-refractivity contribution in [3.63, 3.8) is 0 Å². The summed E-state index contributed by atoms with van der Waals surface area (Å²) in [6, 6.07) is 14.4. The predicted octanol–water partition coefficient (Wildman–Crippen LogP) is 5.01. The molecule has 1 aromatic heterocycles. The van der Waals surface area contributed by atoms with Gasteiger partial charge >= 0.3 is 5.63 Å². The van der Waals surface area contributed by atoms with Crippen molar-refractivity contribution in [2.75, 3.05) is 13.3 Å². The minimum Gasteiger partial charge on any atom is -0.477 e. The van der Waals surface area contributed by atoms with Gasteiger partial charge in [-0.15, -0.1) is 0 Å². The van der Waals surface area contributed by atoms with Gasteiger partial charge in [0.15, 0.2) is 0 Å². The summed E-state index contributed by atoms with van der Waals surface area (Å²) in [6.45, 7) is 8.70. The summed E-state index contributed by atoms with van der Waals surface area (Å²) in [5.74, 6) is 1.30. The molecule has 4 rings (SSSR count). The molecule has 1 atom stereocenters. The van der Waals surface area contributed by atoms with Gasteiger partial charge in [-0.2, -0.15) is 0 Å². The Labute approximate surface area is 165 Å². The highest BCUT2D eigenvalue weighted by molar-refractivity contribution is 5.86. The third kappa shape index (κ3) is 3.57. The second-order valence-corrected chi connectivity index (χ2v) is 7.80. The molecule has 0 saturated carbocycles. The van der Waals surface area contributed by atoms with Crippen molar-refractivity contribution in [3.05, 3.63) is 75.1 Å². The standard InChI is InChI=1S/C24H27NO3/c1-4-8-19-12-22(26)28-24-17(3)23-20(11-21(19)24)14-25(15-27-23)13-16(2)18-9-6-5-7-10-18/h5-7,9-12,16H,4,8,13-15H2,1-3H3/t16-/m0/s1. The van der Waals surface area contributed by atoms with Gasteiger partial charge in [-0.25, -0.2) is 4.79 Å². The molecule has 0 bridgehead atoms. The molecule has 1 aliphatic heterocycles. The first-order chi connectivity index (χ1) is 13.6. The van der Waals surface area contributed by atoms with E-state index in [-0.39, 0.29) is 5.63 Å². The number of hydrogen-bond donors (Lipinski definition) is 0. The maximum atomic E-state index is 12.0. The normalized spacial score (nSPS) is 15.2. The van der Waals surface area contributed by atoms with Gasteiger partial charge < -0.3 is 9.15 Å². The molecule has 0 amide bonds. The highest BCUT2D eigenvalue weighted by Gasteiger charge is 2.24. The van der Waals surface area contributed by atoms with Crippen LogP contribution in [0, 0.1) is 6.92 Å². The smallest absolute Gasteiger partial charge is 0.336 e. The number of rotatable bonds is 5.